The first-order valence-electron chi connectivity index (χ1n) is 4.50. The molecule has 5 nitrogen and oxygen atoms in total. The van der Waals surface area contributed by atoms with Gasteiger partial charge in [-0.3, -0.25) is 4.98 Å². The summed E-state index contributed by atoms with van der Waals surface area (Å²) in [7, 11) is 0. The standard InChI is InChI=1S/C10H6BrN3O2S/c11-6-1-2-8(13-3-6)17-9-5-12-4-7(14-9)10(15)16/h1-5H,(H,15,16). The maximum atomic E-state index is 10.7. The van der Waals surface area contributed by atoms with E-state index in [0.717, 1.165) is 9.50 Å². The van der Waals surface area contributed by atoms with Crippen LogP contribution in [-0.4, -0.2) is 26.0 Å². The number of hydrogen-bond acceptors (Lipinski definition) is 5. The number of carboxylic acid groups (broad SMARTS) is 1. The zero-order valence-corrected chi connectivity index (χ0v) is 10.8. The van der Waals surface area contributed by atoms with Crippen LogP contribution in [0, 0.1) is 0 Å². The third-order valence-corrected chi connectivity index (χ3v) is 3.07. The van der Waals surface area contributed by atoms with E-state index in [1.807, 2.05) is 12.1 Å². The van der Waals surface area contributed by atoms with Crippen LogP contribution in [0.3, 0.4) is 0 Å². The monoisotopic (exact) mass is 311 g/mol. The lowest BCUT2D eigenvalue weighted by atomic mass is 10.5. The number of halogens is 1. The zero-order valence-electron chi connectivity index (χ0n) is 8.37. The second kappa shape index (κ2) is 5.24. The van der Waals surface area contributed by atoms with Gasteiger partial charge in [-0.15, -0.1) is 0 Å². The van der Waals surface area contributed by atoms with Gasteiger partial charge in [0.2, 0.25) is 0 Å². The normalized spacial score (nSPS) is 10.2. The van der Waals surface area contributed by atoms with Crippen LogP contribution in [0.15, 0.2) is 45.2 Å². The lowest BCUT2D eigenvalue weighted by Crippen LogP contribution is -2.01. The van der Waals surface area contributed by atoms with Gasteiger partial charge in [0.25, 0.3) is 0 Å². The average Bonchev–Trinajstić information content (AvgIpc) is 2.32. The third kappa shape index (κ3) is 3.24. The van der Waals surface area contributed by atoms with Crippen molar-refractivity contribution >= 4 is 33.7 Å². The first-order valence-corrected chi connectivity index (χ1v) is 6.11. The number of rotatable bonds is 3. The summed E-state index contributed by atoms with van der Waals surface area (Å²) >= 11 is 4.54. The molecule has 1 N–H and O–H groups in total. The highest BCUT2D eigenvalue weighted by Gasteiger charge is 2.07. The molecule has 0 aliphatic rings. The van der Waals surface area contributed by atoms with Crippen molar-refractivity contribution in [3.63, 3.8) is 0 Å². The average molecular weight is 312 g/mol. The highest BCUT2D eigenvalue weighted by molar-refractivity contribution is 9.10. The Balaban J connectivity index is 2.21. The van der Waals surface area contributed by atoms with Gasteiger partial charge in [-0.1, -0.05) is 0 Å². The SMILES string of the molecule is O=C(O)c1cncc(Sc2ccc(Br)cn2)n1. The maximum Gasteiger partial charge on any atom is 0.356 e. The molecule has 17 heavy (non-hydrogen) atoms. The van der Waals surface area contributed by atoms with Crippen molar-refractivity contribution < 1.29 is 9.90 Å². The summed E-state index contributed by atoms with van der Waals surface area (Å²) in [5.74, 6) is -1.09. The molecule has 0 atom stereocenters. The van der Waals surface area contributed by atoms with Crippen molar-refractivity contribution in [3.05, 3.63) is 40.9 Å². The molecule has 2 rings (SSSR count). The summed E-state index contributed by atoms with van der Waals surface area (Å²) in [6, 6.07) is 3.66. The summed E-state index contributed by atoms with van der Waals surface area (Å²) in [6.45, 7) is 0. The summed E-state index contributed by atoms with van der Waals surface area (Å²) in [4.78, 5) is 22.6. The molecule has 86 valence electrons. The Kier molecular flexibility index (Phi) is 3.70. The second-order valence-corrected chi connectivity index (χ2v) is 4.92. The molecule has 0 radical (unpaired) electrons. The van der Waals surface area contributed by atoms with E-state index < -0.39 is 5.97 Å². The molecule has 2 aromatic heterocycles. The molecule has 0 amide bonds. The fraction of sp³-hybridized carbons (Fsp3) is 0. The minimum Gasteiger partial charge on any atom is -0.476 e. The fourth-order valence-electron chi connectivity index (χ4n) is 1.03. The Morgan fingerprint density at radius 3 is 2.71 bits per heavy atom. The van der Waals surface area contributed by atoms with Crippen molar-refractivity contribution in [1.82, 2.24) is 15.0 Å². The molecular weight excluding hydrogens is 306 g/mol. The Hall–Kier alpha value is -1.47. The van der Waals surface area contributed by atoms with Crippen molar-refractivity contribution in [3.8, 4) is 0 Å². The van der Waals surface area contributed by atoms with Gasteiger partial charge in [-0.25, -0.2) is 14.8 Å². The lowest BCUT2D eigenvalue weighted by Gasteiger charge is -2.00. The molecule has 0 bridgehead atoms. The molecule has 0 unspecified atom stereocenters. The van der Waals surface area contributed by atoms with Gasteiger partial charge >= 0.3 is 5.97 Å². The number of aromatic nitrogens is 3. The largest absolute Gasteiger partial charge is 0.476 e. The zero-order chi connectivity index (χ0) is 12.3. The summed E-state index contributed by atoms with van der Waals surface area (Å²) in [6.07, 6.45) is 4.37. The number of nitrogens with zero attached hydrogens (tertiary/aromatic N) is 3. The van der Waals surface area contributed by atoms with Crippen LogP contribution >= 0.6 is 27.7 Å². The van der Waals surface area contributed by atoms with Gasteiger partial charge in [-0.2, -0.15) is 0 Å². The Labute approximate surface area is 109 Å². The van der Waals surface area contributed by atoms with Crippen LogP contribution in [0.5, 0.6) is 0 Å². The van der Waals surface area contributed by atoms with E-state index in [2.05, 4.69) is 30.9 Å². The Bertz CT molecular complexity index is 548. The third-order valence-electron chi connectivity index (χ3n) is 1.74. The number of carbonyl (C=O) groups is 1. The molecule has 2 heterocycles. The van der Waals surface area contributed by atoms with E-state index in [1.165, 1.54) is 24.2 Å². The maximum absolute atomic E-state index is 10.7. The van der Waals surface area contributed by atoms with Crippen LogP contribution in [-0.2, 0) is 0 Å². The van der Waals surface area contributed by atoms with Crippen LogP contribution in [0.1, 0.15) is 10.5 Å². The number of hydrogen-bond donors (Lipinski definition) is 1. The Morgan fingerprint density at radius 1 is 1.24 bits per heavy atom. The molecule has 2 aromatic rings. The predicted molar refractivity (Wildman–Crippen MR) is 65.1 cm³/mol. The Morgan fingerprint density at radius 2 is 2.06 bits per heavy atom. The predicted octanol–water partition coefficient (Wildman–Crippen LogP) is 2.48. The van der Waals surface area contributed by atoms with E-state index in [0.29, 0.717) is 5.03 Å². The molecule has 0 saturated carbocycles. The molecule has 0 fully saturated rings. The number of pyridine rings is 1. The van der Waals surface area contributed by atoms with Crippen LogP contribution in [0.25, 0.3) is 0 Å². The fourth-order valence-corrected chi connectivity index (χ4v) is 1.98. The summed E-state index contributed by atoms with van der Waals surface area (Å²) in [5, 5.41) is 10.0. The van der Waals surface area contributed by atoms with E-state index in [-0.39, 0.29) is 5.69 Å². The summed E-state index contributed by atoms with van der Waals surface area (Å²) in [5.41, 5.74) is -0.0767. The number of aromatic carboxylic acids is 1. The van der Waals surface area contributed by atoms with Gasteiger partial charge in [0.1, 0.15) is 10.1 Å². The lowest BCUT2D eigenvalue weighted by molar-refractivity contribution is 0.0689. The molecule has 0 aliphatic carbocycles. The van der Waals surface area contributed by atoms with Crippen molar-refractivity contribution in [2.45, 2.75) is 10.1 Å². The molecule has 0 saturated heterocycles. The highest BCUT2D eigenvalue weighted by Crippen LogP contribution is 2.24. The topological polar surface area (TPSA) is 76.0 Å². The quantitative estimate of drug-likeness (QED) is 0.938. The smallest absolute Gasteiger partial charge is 0.356 e. The molecular formula is C10H6BrN3O2S. The molecule has 0 aliphatic heterocycles. The van der Waals surface area contributed by atoms with Gasteiger partial charge in [-0.05, 0) is 39.8 Å². The van der Waals surface area contributed by atoms with Crippen LogP contribution in [0.2, 0.25) is 0 Å². The van der Waals surface area contributed by atoms with Gasteiger partial charge in [0, 0.05) is 10.7 Å². The highest BCUT2D eigenvalue weighted by atomic mass is 79.9. The van der Waals surface area contributed by atoms with Crippen molar-refractivity contribution in [1.29, 1.82) is 0 Å². The second-order valence-electron chi connectivity index (χ2n) is 2.96. The van der Waals surface area contributed by atoms with Crippen LogP contribution in [0.4, 0.5) is 0 Å². The van der Waals surface area contributed by atoms with Crippen molar-refractivity contribution in [2.75, 3.05) is 0 Å². The molecule has 7 heteroatoms. The van der Waals surface area contributed by atoms with Crippen LogP contribution < -0.4 is 0 Å². The minimum atomic E-state index is -1.09. The van der Waals surface area contributed by atoms with E-state index in [9.17, 15) is 4.79 Å². The molecule has 0 aromatic carbocycles. The van der Waals surface area contributed by atoms with Gasteiger partial charge in [0.05, 0.1) is 12.4 Å². The van der Waals surface area contributed by atoms with E-state index in [4.69, 9.17) is 5.11 Å². The number of carboxylic acids is 1. The first-order chi connectivity index (χ1) is 8.15. The van der Waals surface area contributed by atoms with Gasteiger partial charge < -0.3 is 5.11 Å². The first kappa shape index (κ1) is 12.0. The van der Waals surface area contributed by atoms with E-state index >= 15 is 0 Å². The van der Waals surface area contributed by atoms with E-state index in [1.54, 1.807) is 6.20 Å². The summed E-state index contributed by atoms with van der Waals surface area (Å²) < 4.78 is 0.882. The minimum absolute atomic E-state index is 0.0767. The van der Waals surface area contributed by atoms with Gasteiger partial charge in [0.15, 0.2) is 5.69 Å². The molecule has 0 spiro atoms. The van der Waals surface area contributed by atoms with Crippen molar-refractivity contribution in [2.24, 2.45) is 0 Å².